The van der Waals surface area contributed by atoms with E-state index in [9.17, 15) is 4.79 Å². The van der Waals surface area contributed by atoms with E-state index in [1.54, 1.807) is 10.9 Å². The van der Waals surface area contributed by atoms with Gasteiger partial charge < -0.3 is 15.1 Å². The zero-order valence-corrected chi connectivity index (χ0v) is 16.5. The maximum absolute atomic E-state index is 12.5. The van der Waals surface area contributed by atoms with E-state index in [2.05, 4.69) is 29.6 Å². The number of amides is 2. The van der Waals surface area contributed by atoms with Gasteiger partial charge in [-0.25, -0.2) is 9.48 Å². The van der Waals surface area contributed by atoms with Crippen LogP contribution in [0.1, 0.15) is 49.0 Å². The predicted octanol–water partition coefficient (Wildman–Crippen LogP) is 4.29. The van der Waals surface area contributed by atoms with Crippen molar-refractivity contribution in [1.29, 1.82) is 0 Å². The van der Waals surface area contributed by atoms with Gasteiger partial charge in [0.15, 0.2) is 0 Å². The van der Waals surface area contributed by atoms with Crippen molar-refractivity contribution in [3.05, 3.63) is 71.4 Å². The number of aryl methyl sites for hydroxylation is 1. The summed E-state index contributed by atoms with van der Waals surface area (Å²) in [6.45, 7) is 6.84. The lowest BCUT2D eigenvalue weighted by Crippen LogP contribution is -2.41. The van der Waals surface area contributed by atoms with E-state index in [0.717, 1.165) is 41.2 Å². The summed E-state index contributed by atoms with van der Waals surface area (Å²) in [5.41, 5.74) is 3.23. The number of benzene rings is 1. The van der Waals surface area contributed by atoms with Gasteiger partial charge in [-0.2, -0.15) is 5.10 Å². The van der Waals surface area contributed by atoms with E-state index < -0.39 is 0 Å². The second-order valence-electron chi connectivity index (χ2n) is 8.28. The van der Waals surface area contributed by atoms with Gasteiger partial charge in [-0.05, 0) is 48.6 Å². The van der Waals surface area contributed by atoms with Gasteiger partial charge in [0.1, 0.15) is 11.5 Å². The molecule has 2 heterocycles. The Labute approximate surface area is 164 Å². The number of nitrogens with zero attached hydrogens (tertiary/aromatic N) is 2. The second kappa shape index (κ2) is 7.19. The molecule has 0 radical (unpaired) electrons. The van der Waals surface area contributed by atoms with Gasteiger partial charge in [-0.15, -0.1) is 0 Å². The number of hydrogen-bond donors (Lipinski definition) is 2. The van der Waals surface area contributed by atoms with Crippen LogP contribution in [0, 0.1) is 12.3 Å². The van der Waals surface area contributed by atoms with Crippen LogP contribution in [-0.4, -0.2) is 15.8 Å². The second-order valence-corrected chi connectivity index (χ2v) is 8.28. The molecule has 6 heteroatoms. The molecule has 0 aliphatic heterocycles. The number of aromatic nitrogens is 2. The fourth-order valence-corrected chi connectivity index (χ4v) is 3.89. The molecule has 2 amide bonds. The average Bonchev–Trinajstić information content (AvgIpc) is 3.29. The molecule has 2 aromatic heterocycles. The van der Waals surface area contributed by atoms with Crippen LogP contribution in [-0.2, 0) is 13.0 Å². The lowest BCUT2D eigenvalue weighted by atomic mass is 9.75. The first-order valence-corrected chi connectivity index (χ1v) is 9.62. The van der Waals surface area contributed by atoms with E-state index in [4.69, 9.17) is 4.42 Å². The summed E-state index contributed by atoms with van der Waals surface area (Å²) in [6, 6.07) is 11.7. The predicted molar refractivity (Wildman–Crippen MR) is 107 cm³/mol. The van der Waals surface area contributed by atoms with Crippen LogP contribution in [0.4, 0.5) is 4.79 Å². The number of fused-ring (bicyclic) bond motifs is 1. The number of carbonyl (C=O) groups is 1. The van der Waals surface area contributed by atoms with E-state index in [0.29, 0.717) is 6.54 Å². The van der Waals surface area contributed by atoms with E-state index in [1.807, 2.05) is 49.5 Å². The van der Waals surface area contributed by atoms with Gasteiger partial charge in [0.2, 0.25) is 0 Å². The van der Waals surface area contributed by atoms with Gasteiger partial charge in [-0.3, -0.25) is 0 Å². The van der Waals surface area contributed by atoms with Crippen LogP contribution in [0.5, 0.6) is 0 Å². The third kappa shape index (κ3) is 3.96. The summed E-state index contributed by atoms with van der Waals surface area (Å²) in [5, 5.41) is 10.3. The van der Waals surface area contributed by atoms with E-state index in [-0.39, 0.29) is 17.5 Å². The SMILES string of the molecule is Cc1cc2c(o1)CC(C)(C)CC2NC(=O)NCc1ccc(-n2cccn2)cc1. The van der Waals surface area contributed by atoms with Gasteiger partial charge in [0.05, 0.1) is 11.7 Å². The molecule has 146 valence electrons. The number of rotatable bonds is 4. The quantitative estimate of drug-likeness (QED) is 0.711. The molecule has 0 saturated heterocycles. The fraction of sp³-hybridized carbons (Fsp3) is 0.364. The summed E-state index contributed by atoms with van der Waals surface area (Å²) in [5.74, 6) is 1.89. The average molecular weight is 378 g/mol. The van der Waals surface area contributed by atoms with Crippen molar-refractivity contribution in [1.82, 2.24) is 20.4 Å². The van der Waals surface area contributed by atoms with Crippen molar-refractivity contribution in [3.8, 4) is 5.69 Å². The maximum Gasteiger partial charge on any atom is 0.315 e. The Hall–Kier alpha value is -3.02. The highest BCUT2D eigenvalue weighted by Crippen LogP contribution is 2.41. The molecule has 28 heavy (non-hydrogen) atoms. The number of hydrogen-bond acceptors (Lipinski definition) is 3. The van der Waals surface area contributed by atoms with Crippen LogP contribution in [0.25, 0.3) is 5.69 Å². The van der Waals surface area contributed by atoms with Crippen molar-refractivity contribution in [2.24, 2.45) is 5.41 Å². The summed E-state index contributed by atoms with van der Waals surface area (Å²) in [6.07, 6.45) is 5.45. The van der Waals surface area contributed by atoms with Crippen molar-refractivity contribution < 1.29 is 9.21 Å². The number of urea groups is 1. The van der Waals surface area contributed by atoms with Crippen molar-refractivity contribution in [2.75, 3.05) is 0 Å². The van der Waals surface area contributed by atoms with Crippen LogP contribution >= 0.6 is 0 Å². The Kier molecular flexibility index (Phi) is 4.71. The van der Waals surface area contributed by atoms with E-state index >= 15 is 0 Å². The Bertz CT molecular complexity index is 955. The molecule has 0 saturated carbocycles. The molecule has 1 aliphatic carbocycles. The molecule has 1 atom stereocenters. The molecule has 0 spiro atoms. The lowest BCUT2D eigenvalue weighted by Gasteiger charge is -2.34. The molecule has 1 aliphatic rings. The zero-order chi connectivity index (χ0) is 19.7. The smallest absolute Gasteiger partial charge is 0.315 e. The third-order valence-corrected chi connectivity index (χ3v) is 5.20. The molecule has 6 nitrogen and oxygen atoms in total. The highest BCUT2D eigenvalue weighted by molar-refractivity contribution is 5.74. The Morgan fingerprint density at radius 2 is 2.11 bits per heavy atom. The van der Waals surface area contributed by atoms with Crippen molar-refractivity contribution >= 4 is 6.03 Å². The van der Waals surface area contributed by atoms with E-state index in [1.165, 1.54) is 0 Å². The van der Waals surface area contributed by atoms with Crippen LogP contribution in [0.15, 0.2) is 53.2 Å². The number of carbonyl (C=O) groups excluding carboxylic acids is 1. The molecule has 1 unspecified atom stereocenters. The Morgan fingerprint density at radius 1 is 1.32 bits per heavy atom. The Balaban J connectivity index is 1.37. The van der Waals surface area contributed by atoms with Gasteiger partial charge in [-0.1, -0.05) is 26.0 Å². The summed E-state index contributed by atoms with van der Waals surface area (Å²) >= 11 is 0. The topological polar surface area (TPSA) is 72.1 Å². The molecule has 3 aromatic rings. The number of nitrogens with one attached hydrogen (secondary N) is 2. The highest BCUT2D eigenvalue weighted by atomic mass is 16.3. The first-order chi connectivity index (χ1) is 13.4. The molecular formula is C22H26N4O2. The standard InChI is InChI=1S/C22H26N4O2/c1-15-11-18-19(12-22(2,3)13-20(18)28-15)25-21(27)23-14-16-5-7-17(8-6-16)26-10-4-9-24-26/h4-11,19H,12-14H2,1-3H3,(H2,23,25,27). The highest BCUT2D eigenvalue weighted by Gasteiger charge is 2.35. The summed E-state index contributed by atoms with van der Waals surface area (Å²) in [4.78, 5) is 12.5. The molecule has 0 fully saturated rings. The molecular weight excluding hydrogens is 352 g/mol. The van der Waals surface area contributed by atoms with Gasteiger partial charge in [0.25, 0.3) is 0 Å². The molecule has 1 aromatic carbocycles. The maximum atomic E-state index is 12.5. The van der Waals surface area contributed by atoms with Crippen LogP contribution in [0.2, 0.25) is 0 Å². The summed E-state index contributed by atoms with van der Waals surface area (Å²) < 4.78 is 7.65. The largest absolute Gasteiger partial charge is 0.466 e. The minimum Gasteiger partial charge on any atom is -0.466 e. The van der Waals surface area contributed by atoms with Crippen LogP contribution < -0.4 is 10.6 Å². The van der Waals surface area contributed by atoms with Crippen molar-refractivity contribution in [3.63, 3.8) is 0 Å². The monoisotopic (exact) mass is 378 g/mol. The zero-order valence-electron chi connectivity index (χ0n) is 16.5. The number of furan rings is 1. The van der Waals surface area contributed by atoms with Crippen LogP contribution in [0.3, 0.4) is 0 Å². The normalized spacial score (nSPS) is 17.8. The van der Waals surface area contributed by atoms with Gasteiger partial charge >= 0.3 is 6.03 Å². The fourth-order valence-electron chi connectivity index (χ4n) is 3.89. The minimum absolute atomic E-state index is 0.0293. The lowest BCUT2D eigenvalue weighted by molar-refractivity contribution is 0.214. The molecule has 2 N–H and O–H groups in total. The summed E-state index contributed by atoms with van der Waals surface area (Å²) in [7, 11) is 0. The first kappa shape index (κ1) is 18.3. The third-order valence-electron chi connectivity index (χ3n) is 5.20. The minimum atomic E-state index is -0.163. The molecule has 0 bridgehead atoms. The first-order valence-electron chi connectivity index (χ1n) is 9.62. The van der Waals surface area contributed by atoms with Gasteiger partial charge in [0, 0.05) is 30.9 Å². The van der Waals surface area contributed by atoms with Crippen molar-refractivity contribution in [2.45, 2.75) is 46.2 Å². The Morgan fingerprint density at radius 3 is 2.82 bits per heavy atom. The molecule has 4 rings (SSSR count).